The number of likely N-dealkylation sites (tertiary alicyclic amines) is 1. The van der Waals surface area contributed by atoms with Gasteiger partial charge in [0.15, 0.2) is 0 Å². The lowest BCUT2D eigenvalue weighted by Gasteiger charge is -2.20. The minimum absolute atomic E-state index is 0.487. The lowest BCUT2D eigenvalue weighted by molar-refractivity contribution is 0.271. The predicted octanol–water partition coefficient (Wildman–Crippen LogP) is 5.02. The van der Waals surface area contributed by atoms with Crippen LogP contribution in [0.4, 0.5) is 0 Å². The highest BCUT2D eigenvalue weighted by Crippen LogP contribution is 2.25. The van der Waals surface area contributed by atoms with E-state index in [2.05, 4.69) is 16.8 Å². The highest BCUT2D eigenvalue weighted by molar-refractivity contribution is 7.09. The third kappa shape index (κ3) is 4.45. The monoisotopic (exact) mass is 397 g/mol. The van der Waals surface area contributed by atoms with E-state index in [1.165, 1.54) is 19.4 Å². The SMILES string of the molecule is Cc1nc(COc2ccc(-c3nc(CCN4CCCC4C)c(C)o3)cc2)cs1. The molecule has 0 N–H and O–H groups in total. The number of hydrogen-bond acceptors (Lipinski definition) is 6. The van der Waals surface area contributed by atoms with Crippen molar-refractivity contribution in [2.24, 2.45) is 0 Å². The molecule has 0 radical (unpaired) electrons. The summed E-state index contributed by atoms with van der Waals surface area (Å²) in [4.78, 5) is 11.7. The first-order valence-electron chi connectivity index (χ1n) is 9.93. The van der Waals surface area contributed by atoms with Crippen LogP contribution in [0, 0.1) is 13.8 Å². The van der Waals surface area contributed by atoms with Crippen LogP contribution in [-0.4, -0.2) is 34.0 Å². The molecule has 0 aliphatic carbocycles. The summed E-state index contributed by atoms with van der Waals surface area (Å²) in [5.74, 6) is 2.42. The van der Waals surface area contributed by atoms with E-state index in [0.717, 1.165) is 46.4 Å². The van der Waals surface area contributed by atoms with Gasteiger partial charge in [-0.2, -0.15) is 0 Å². The number of thiazole rings is 1. The summed E-state index contributed by atoms with van der Waals surface area (Å²) in [6.07, 6.45) is 3.55. The molecule has 3 aromatic rings. The summed E-state index contributed by atoms with van der Waals surface area (Å²) in [7, 11) is 0. The second-order valence-electron chi connectivity index (χ2n) is 7.47. The first kappa shape index (κ1) is 19.2. The van der Waals surface area contributed by atoms with E-state index in [-0.39, 0.29) is 0 Å². The number of nitrogens with zero attached hydrogens (tertiary/aromatic N) is 3. The van der Waals surface area contributed by atoms with E-state index < -0.39 is 0 Å². The summed E-state index contributed by atoms with van der Waals surface area (Å²) >= 11 is 1.64. The average molecular weight is 398 g/mol. The van der Waals surface area contributed by atoms with Gasteiger partial charge in [0.25, 0.3) is 0 Å². The van der Waals surface area contributed by atoms with E-state index in [1.807, 2.05) is 43.5 Å². The van der Waals surface area contributed by atoms with Crippen molar-refractivity contribution < 1.29 is 9.15 Å². The third-order valence-corrected chi connectivity index (χ3v) is 6.20. The van der Waals surface area contributed by atoms with E-state index >= 15 is 0 Å². The summed E-state index contributed by atoms with van der Waals surface area (Å²) in [5.41, 5.74) is 3.00. The highest BCUT2D eigenvalue weighted by Gasteiger charge is 2.21. The molecule has 1 unspecified atom stereocenters. The van der Waals surface area contributed by atoms with Gasteiger partial charge in [-0.15, -0.1) is 11.3 Å². The Kier molecular flexibility index (Phi) is 5.78. The van der Waals surface area contributed by atoms with Crippen LogP contribution < -0.4 is 4.74 Å². The second kappa shape index (κ2) is 8.45. The standard InChI is InChI=1S/C22H27N3O2S/c1-15-5-4-11-25(15)12-10-21-16(2)27-22(24-21)18-6-8-20(9-7-18)26-13-19-14-28-17(3)23-19/h6-9,14-15H,4-5,10-13H2,1-3H3. The molecule has 1 aliphatic heterocycles. The molecule has 1 saturated heterocycles. The van der Waals surface area contributed by atoms with Crippen LogP contribution in [0.25, 0.3) is 11.5 Å². The van der Waals surface area contributed by atoms with Gasteiger partial charge in [-0.3, -0.25) is 0 Å². The van der Waals surface area contributed by atoms with Crippen molar-refractivity contribution in [3.8, 4) is 17.2 Å². The van der Waals surface area contributed by atoms with Crippen LogP contribution in [0.3, 0.4) is 0 Å². The van der Waals surface area contributed by atoms with Crippen molar-refractivity contribution in [2.45, 2.75) is 52.7 Å². The Morgan fingerprint density at radius 2 is 2.04 bits per heavy atom. The Labute approximate surface area is 170 Å². The molecule has 1 atom stereocenters. The number of hydrogen-bond donors (Lipinski definition) is 0. The van der Waals surface area contributed by atoms with Gasteiger partial charge in [-0.25, -0.2) is 9.97 Å². The molecule has 0 amide bonds. The first-order valence-corrected chi connectivity index (χ1v) is 10.8. The third-order valence-electron chi connectivity index (χ3n) is 5.37. The van der Waals surface area contributed by atoms with E-state index in [0.29, 0.717) is 18.5 Å². The number of oxazole rings is 1. The molecular weight excluding hydrogens is 370 g/mol. The molecule has 148 valence electrons. The molecule has 3 heterocycles. The fraction of sp³-hybridized carbons (Fsp3) is 0.455. The fourth-order valence-electron chi connectivity index (χ4n) is 3.68. The Morgan fingerprint density at radius 1 is 1.21 bits per heavy atom. The van der Waals surface area contributed by atoms with E-state index in [9.17, 15) is 0 Å². The van der Waals surface area contributed by atoms with Gasteiger partial charge in [0, 0.05) is 30.0 Å². The Bertz CT molecular complexity index is 916. The van der Waals surface area contributed by atoms with Gasteiger partial charge in [0.05, 0.1) is 16.4 Å². The summed E-state index contributed by atoms with van der Waals surface area (Å²) in [5, 5.41) is 3.09. The lowest BCUT2D eigenvalue weighted by atomic mass is 10.2. The maximum Gasteiger partial charge on any atom is 0.226 e. The van der Waals surface area contributed by atoms with Crippen LogP contribution in [0.15, 0.2) is 34.1 Å². The summed E-state index contributed by atoms with van der Waals surface area (Å²) < 4.78 is 11.8. The first-order chi connectivity index (χ1) is 13.6. The Balaban J connectivity index is 1.37. The molecule has 1 fully saturated rings. The molecule has 2 aromatic heterocycles. The number of aromatic nitrogens is 2. The zero-order chi connectivity index (χ0) is 19.5. The highest BCUT2D eigenvalue weighted by atomic mass is 32.1. The van der Waals surface area contributed by atoms with Crippen LogP contribution >= 0.6 is 11.3 Å². The zero-order valence-electron chi connectivity index (χ0n) is 16.8. The van der Waals surface area contributed by atoms with Gasteiger partial charge < -0.3 is 14.1 Å². The van der Waals surface area contributed by atoms with Crippen molar-refractivity contribution in [1.29, 1.82) is 0 Å². The van der Waals surface area contributed by atoms with Crippen molar-refractivity contribution in [3.05, 3.63) is 51.8 Å². The molecular formula is C22H27N3O2S. The Morgan fingerprint density at radius 3 is 2.71 bits per heavy atom. The van der Waals surface area contributed by atoms with Gasteiger partial charge in [0.2, 0.25) is 5.89 Å². The number of ether oxygens (including phenoxy) is 1. The topological polar surface area (TPSA) is 51.4 Å². The molecule has 1 aliphatic rings. The van der Waals surface area contributed by atoms with Crippen molar-refractivity contribution in [3.63, 3.8) is 0 Å². The summed E-state index contributed by atoms with van der Waals surface area (Å²) in [6, 6.07) is 8.60. The van der Waals surface area contributed by atoms with Crippen LogP contribution in [-0.2, 0) is 13.0 Å². The van der Waals surface area contributed by atoms with Gasteiger partial charge in [-0.1, -0.05) is 0 Å². The molecule has 4 rings (SSSR count). The minimum atomic E-state index is 0.487. The maximum atomic E-state index is 5.94. The van der Waals surface area contributed by atoms with Crippen LogP contribution in [0.5, 0.6) is 5.75 Å². The van der Waals surface area contributed by atoms with Gasteiger partial charge in [0.1, 0.15) is 18.1 Å². The molecule has 1 aromatic carbocycles. The molecule has 0 saturated carbocycles. The minimum Gasteiger partial charge on any atom is -0.487 e. The molecule has 28 heavy (non-hydrogen) atoms. The Hall–Kier alpha value is -2.18. The largest absolute Gasteiger partial charge is 0.487 e. The second-order valence-corrected chi connectivity index (χ2v) is 8.53. The normalized spacial score (nSPS) is 17.3. The van der Waals surface area contributed by atoms with Gasteiger partial charge >= 0.3 is 0 Å². The zero-order valence-corrected chi connectivity index (χ0v) is 17.6. The lowest BCUT2D eigenvalue weighted by Crippen LogP contribution is -2.29. The summed E-state index contributed by atoms with van der Waals surface area (Å²) in [6.45, 7) is 9.06. The number of benzene rings is 1. The predicted molar refractivity (Wildman–Crippen MR) is 112 cm³/mol. The van der Waals surface area contributed by atoms with E-state index in [4.69, 9.17) is 14.1 Å². The molecule has 5 nitrogen and oxygen atoms in total. The average Bonchev–Trinajstić information content (AvgIpc) is 3.39. The quantitative estimate of drug-likeness (QED) is 0.560. The smallest absolute Gasteiger partial charge is 0.226 e. The van der Waals surface area contributed by atoms with Crippen molar-refractivity contribution >= 4 is 11.3 Å². The molecule has 6 heteroatoms. The molecule has 0 bridgehead atoms. The van der Waals surface area contributed by atoms with Crippen molar-refractivity contribution in [1.82, 2.24) is 14.9 Å². The van der Waals surface area contributed by atoms with Crippen molar-refractivity contribution in [2.75, 3.05) is 13.1 Å². The van der Waals surface area contributed by atoms with Crippen LogP contribution in [0.2, 0.25) is 0 Å². The van der Waals surface area contributed by atoms with E-state index in [1.54, 1.807) is 11.3 Å². The fourth-order valence-corrected chi connectivity index (χ4v) is 4.28. The number of aryl methyl sites for hydroxylation is 2. The van der Waals surface area contributed by atoms with Gasteiger partial charge in [-0.05, 0) is 64.4 Å². The van der Waals surface area contributed by atoms with Crippen LogP contribution in [0.1, 0.15) is 41.9 Å². The molecule has 0 spiro atoms. The number of rotatable bonds is 7. The maximum absolute atomic E-state index is 5.94.